The molecule has 0 saturated heterocycles. The summed E-state index contributed by atoms with van der Waals surface area (Å²) in [5, 5.41) is 4.76. The summed E-state index contributed by atoms with van der Waals surface area (Å²) in [4.78, 5) is 13.9. The molecule has 0 atom stereocenters. The number of anilines is 1. The molecule has 3 heterocycles. The van der Waals surface area contributed by atoms with Crippen molar-refractivity contribution in [1.82, 2.24) is 15.0 Å². The van der Waals surface area contributed by atoms with E-state index in [1.807, 2.05) is 29.6 Å². The van der Waals surface area contributed by atoms with E-state index >= 15 is 0 Å². The van der Waals surface area contributed by atoms with Crippen molar-refractivity contribution in [1.29, 1.82) is 0 Å². The minimum atomic E-state index is 0.420. The smallest absolute Gasteiger partial charge is 0.239 e. The fourth-order valence-corrected chi connectivity index (χ4v) is 3.17. The lowest BCUT2D eigenvalue weighted by atomic mass is 10.4. The topological polar surface area (TPSA) is 76.7 Å². The highest BCUT2D eigenvalue weighted by Gasteiger charge is 2.10. The Labute approximate surface area is 111 Å². The average Bonchev–Trinajstić information content (AvgIpc) is 2.88. The van der Waals surface area contributed by atoms with Gasteiger partial charge in [-0.3, -0.25) is 5.43 Å². The van der Waals surface area contributed by atoms with Crippen molar-refractivity contribution in [2.24, 2.45) is 5.84 Å². The van der Waals surface area contributed by atoms with Gasteiger partial charge in [0.05, 0.1) is 0 Å². The van der Waals surface area contributed by atoms with Gasteiger partial charge in [0.2, 0.25) is 5.95 Å². The first kappa shape index (κ1) is 11.4. The lowest BCUT2D eigenvalue weighted by molar-refractivity contribution is 1.06. The zero-order valence-electron chi connectivity index (χ0n) is 9.20. The molecule has 0 aromatic carbocycles. The third-order valence-electron chi connectivity index (χ3n) is 2.26. The number of hydrogen-bond acceptors (Lipinski definition) is 7. The van der Waals surface area contributed by atoms with Gasteiger partial charge in [0.25, 0.3) is 0 Å². The standard InChI is InChI=1S/C11H9N5S2/c12-16-11-14-9-7(4-6-17-9)10(15-11)18-8-3-1-2-5-13-8/h1-6H,12H2,(H,14,15,16). The first-order chi connectivity index (χ1) is 8.86. The number of pyridine rings is 1. The van der Waals surface area contributed by atoms with Crippen molar-refractivity contribution in [2.45, 2.75) is 10.1 Å². The fourth-order valence-electron chi connectivity index (χ4n) is 1.48. The summed E-state index contributed by atoms with van der Waals surface area (Å²) in [6.07, 6.45) is 1.76. The minimum Gasteiger partial charge on any atom is -0.292 e. The van der Waals surface area contributed by atoms with E-state index in [1.165, 1.54) is 11.8 Å². The minimum absolute atomic E-state index is 0.420. The Morgan fingerprint density at radius 1 is 1.22 bits per heavy atom. The van der Waals surface area contributed by atoms with Crippen LogP contribution in [0.25, 0.3) is 10.2 Å². The molecule has 3 rings (SSSR count). The number of thiophene rings is 1. The molecule has 0 saturated carbocycles. The van der Waals surface area contributed by atoms with Crippen molar-refractivity contribution in [3.63, 3.8) is 0 Å². The molecule has 18 heavy (non-hydrogen) atoms. The third-order valence-corrected chi connectivity index (χ3v) is 4.02. The quantitative estimate of drug-likeness (QED) is 0.434. The molecule has 3 aromatic rings. The first-order valence-electron chi connectivity index (χ1n) is 5.17. The van der Waals surface area contributed by atoms with E-state index in [0.29, 0.717) is 5.95 Å². The molecule has 3 N–H and O–H groups in total. The summed E-state index contributed by atoms with van der Waals surface area (Å²) in [6, 6.07) is 7.78. The second-order valence-corrected chi connectivity index (χ2v) is 5.31. The molecule has 0 spiro atoms. The number of nitrogens with zero attached hydrogens (tertiary/aromatic N) is 3. The van der Waals surface area contributed by atoms with Crippen LogP contribution in [0.3, 0.4) is 0 Å². The first-order valence-corrected chi connectivity index (χ1v) is 6.87. The Morgan fingerprint density at radius 3 is 2.94 bits per heavy atom. The molecule has 0 radical (unpaired) electrons. The highest BCUT2D eigenvalue weighted by molar-refractivity contribution is 7.99. The molecular formula is C11H9N5S2. The molecule has 0 bridgehead atoms. The number of nitrogens with two attached hydrogens (primary N) is 1. The van der Waals surface area contributed by atoms with Crippen LogP contribution >= 0.6 is 23.1 Å². The van der Waals surface area contributed by atoms with Crippen LogP contribution in [0.4, 0.5) is 5.95 Å². The lowest BCUT2D eigenvalue weighted by Gasteiger charge is -2.04. The number of nitrogen functional groups attached to an aromatic ring is 1. The van der Waals surface area contributed by atoms with E-state index in [-0.39, 0.29) is 0 Å². The van der Waals surface area contributed by atoms with Gasteiger partial charge in [-0.05, 0) is 35.3 Å². The molecule has 90 valence electrons. The fraction of sp³-hybridized carbons (Fsp3) is 0. The summed E-state index contributed by atoms with van der Waals surface area (Å²) in [5.41, 5.74) is 2.49. The van der Waals surface area contributed by atoms with Crippen LogP contribution in [-0.4, -0.2) is 15.0 Å². The predicted molar refractivity (Wildman–Crippen MR) is 73.6 cm³/mol. The number of hydrogen-bond donors (Lipinski definition) is 2. The molecule has 7 heteroatoms. The largest absolute Gasteiger partial charge is 0.292 e. The Bertz CT molecular complexity index is 668. The van der Waals surface area contributed by atoms with E-state index in [4.69, 9.17) is 5.84 Å². The molecule has 3 aromatic heterocycles. The van der Waals surface area contributed by atoms with Gasteiger partial charge in [-0.1, -0.05) is 6.07 Å². The summed E-state index contributed by atoms with van der Waals surface area (Å²) in [6.45, 7) is 0. The van der Waals surface area contributed by atoms with Crippen molar-refractivity contribution in [3.05, 3.63) is 35.8 Å². The lowest BCUT2D eigenvalue weighted by Crippen LogP contribution is -2.10. The van der Waals surface area contributed by atoms with Gasteiger partial charge in [-0.25, -0.2) is 20.8 Å². The van der Waals surface area contributed by atoms with Crippen LogP contribution in [0, 0.1) is 0 Å². The molecule has 0 aliphatic heterocycles. The van der Waals surface area contributed by atoms with Crippen molar-refractivity contribution < 1.29 is 0 Å². The summed E-state index contributed by atoms with van der Waals surface area (Å²) < 4.78 is 0. The van der Waals surface area contributed by atoms with Gasteiger partial charge in [0.15, 0.2) is 0 Å². The van der Waals surface area contributed by atoms with Crippen LogP contribution in [0.1, 0.15) is 0 Å². The van der Waals surface area contributed by atoms with Crippen LogP contribution in [0.2, 0.25) is 0 Å². The zero-order valence-corrected chi connectivity index (χ0v) is 10.8. The summed E-state index contributed by atoms with van der Waals surface area (Å²) in [5.74, 6) is 5.80. The SMILES string of the molecule is NNc1nc(Sc2ccccn2)c2ccsc2n1. The molecule has 0 aliphatic carbocycles. The van der Waals surface area contributed by atoms with Gasteiger partial charge in [0, 0.05) is 11.6 Å². The Kier molecular flexibility index (Phi) is 3.09. The molecule has 0 unspecified atom stereocenters. The van der Waals surface area contributed by atoms with Gasteiger partial charge in [-0.2, -0.15) is 0 Å². The van der Waals surface area contributed by atoms with Crippen LogP contribution in [0.15, 0.2) is 45.9 Å². The van der Waals surface area contributed by atoms with Gasteiger partial charge in [0.1, 0.15) is 14.9 Å². The number of fused-ring (bicyclic) bond motifs is 1. The highest BCUT2D eigenvalue weighted by atomic mass is 32.2. The number of aromatic nitrogens is 3. The molecular weight excluding hydrogens is 266 g/mol. The number of hydrazine groups is 1. The number of nitrogens with one attached hydrogen (secondary N) is 1. The van der Waals surface area contributed by atoms with Gasteiger partial charge < -0.3 is 0 Å². The maximum absolute atomic E-state index is 5.38. The van der Waals surface area contributed by atoms with E-state index < -0.39 is 0 Å². The van der Waals surface area contributed by atoms with E-state index in [1.54, 1.807) is 17.5 Å². The van der Waals surface area contributed by atoms with Gasteiger partial charge >= 0.3 is 0 Å². The Balaban J connectivity index is 2.07. The third kappa shape index (κ3) is 2.15. The normalized spacial score (nSPS) is 10.7. The van der Waals surface area contributed by atoms with Crippen LogP contribution < -0.4 is 11.3 Å². The van der Waals surface area contributed by atoms with Crippen molar-refractivity contribution >= 4 is 39.3 Å². The zero-order chi connectivity index (χ0) is 12.4. The van der Waals surface area contributed by atoms with Crippen molar-refractivity contribution in [3.8, 4) is 0 Å². The predicted octanol–water partition coefficient (Wildman–Crippen LogP) is 2.52. The van der Waals surface area contributed by atoms with Crippen LogP contribution in [0.5, 0.6) is 0 Å². The van der Waals surface area contributed by atoms with E-state index in [0.717, 1.165) is 20.3 Å². The van der Waals surface area contributed by atoms with Crippen molar-refractivity contribution in [2.75, 3.05) is 5.43 Å². The maximum Gasteiger partial charge on any atom is 0.239 e. The second kappa shape index (κ2) is 4.89. The van der Waals surface area contributed by atoms with Gasteiger partial charge in [-0.15, -0.1) is 11.3 Å². The Morgan fingerprint density at radius 2 is 2.17 bits per heavy atom. The number of rotatable bonds is 3. The summed E-state index contributed by atoms with van der Waals surface area (Å²) in [7, 11) is 0. The molecule has 0 fully saturated rings. The Hall–Kier alpha value is -1.70. The average molecular weight is 275 g/mol. The van der Waals surface area contributed by atoms with E-state index in [2.05, 4.69) is 20.4 Å². The van der Waals surface area contributed by atoms with Crippen LogP contribution in [-0.2, 0) is 0 Å². The second-order valence-electron chi connectivity index (χ2n) is 3.41. The summed E-state index contributed by atoms with van der Waals surface area (Å²) >= 11 is 3.06. The maximum atomic E-state index is 5.38. The molecule has 0 amide bonds. The monoisotopic (exact) mass is 275 g/mol. The molecule has 5 nitrogen and oxygen atoms in total. The van der Waals surface area contributed by atoms with E-state index in [9.17, 15) is 0 Å². The molecule has 0 aliphatic rings. The highest BCUT2D eigenvalue weighted by Crippen LogP contribution is 2.33.